The van der Waals surface area contributed by atoms with Gasteiger partial charge in [0.15, 0.2) is 5.65 Å². The van der Waals surface area contributed by atoms with E-state index in [0.717, 1.165) is 66.9 Å². The molecule has 0 atom stereocenters. The molecular weight excluding hydrogens is 530 g/mol. The quantitative estimate of drug-likeness (QED) is 0.303. The molecule has 4 aromatic rings. The van der Waals surface area contributed by atoms with Crippen molar-refractivity contribution in [3.8, 4) is 17.0 Å². The molecule has 1 aliphatic carbocycles. The Morgan fingerprint density at radius 3 is 2.48 bits per heavy atom. The highest BCUT2D eigenvalue weighted by molar-refractivity contribution is 5.98. The molecule has 11 heteroatoms. The van der Waals surface area contributed by atoms with Gasteiger partial charge < -0.3 is 26.0 Å². The summed E-state index contributed by atoms with van der Waals surface area (Å²) < 4.78 is 7.30. The third-order valence-corrected chi connectivity index (χ3v) is 8.59. The van der Waals surface area contributed by atoms with Crippen LogP contribution in [0.15, 0.2) is 54.9 Å². The Kier molecular flexibility index (Phi) is 8.20. The highest BCUT2D eigenvalue weighted by Crippen LogP contribution is 2.37. The maximum atomic E-state index is 12.4. The van der Waals surface area contributed by atoms with E-state index in [0.29, 0.717) is 29.8 Å². The fraction of sp³-hybridized carbons (Fsp3) is 0.419. The number of hydrogen-bond donors (Lipinski definition) is 3. The summed E-state index contributed by atoms with van der Waals surface area (Å²) >= 11 is 0. The number of benzene rings is 2. The van der Waals surface area contributed by atoms with E-state index in [1.807, 2.05) is 42.5 Å². The molecule has 0 unspecified atom stereocenters. The largest absolute Gasteiger partial charge is 0.497 e. The smallest absolute Gasteiger partial charge is 0.319 e. The standard InChI is InChI=1S/C31H39N9O2/c1-38-14-16-39(17-15-38)24-10-12-25(13-11-24)40-30-27(29(32)34-20-35-30)28(37-40)22-8-6-21(7-9-22)19-33-31(41)36-23-4-3-5-26(18-23)42-2/h3-9,18,20,24-25H,10-17,19H2,1-2H3,(H2,32,34,35)(H2,33,36,41)/t24-,25-. The first-order valence-corrected chi connectivity index (χ1v) is 14.7. The number of methoxy groups -OCH3 is 1. The number of nitrogens with one attached hydrogen (secondary N) is 2. The Hall–Kier alpha value is -4.22. The van der Waals surface area contributed by atoms with E-state index >= 15 is 0 Å². The van der Waals surface area contributed by atoms with Crippen molar-refractivity contribution >= 4 is 28.6 Å². The summed E-state index contributed by atoms with van der Waals surface area (Å²) in [7, 11) is 3.80. The summed E-state index contributed by atoms with van der Waals surface area (Å²) in [5.74, 6) is 1.12. The van der Waals surface area contributed by atoms with Crippen molar-refractivity contribution in [3.63, 3.8) is 0 Å². The number of hydrogen-bond acceptors (Lipinski definition) is 8. The Bertz CT molecular complexity index is 1520. The molecule has 6 rings (SSSR count). The molecule has 2 fully saturated rings. The molecule has 11 nitrogen and oxygen atoms in total. The summed E-state index contributed by atoms with van der Waals surface area (Å²) in [6.07, 6.45) is 6.00. The van der Waals surface area contributed by atoms with Crippen molar-refractivity contribution in [1.29, 1.82) is 0 Å². The molecular formula is C31H39N9O2. The predicted molar refractivity (Wildman–Crippen MR) is 164 cm³/mol. The number of ether oxygens (including phenoxy) is 1. The zero-order valence-electron chi connectivity index (χ0n) is 24.3. The van der Waals surface area contributed by atoms with Crippen molar-refractivity contribution in [1.82, 2.24) is 34.9 Å². The Morgan fingerprint density at radius 1 is 1.00 bits per heavy atom. The lowest BCUT2D eigenvalue weighted by atomic mass is 9.90. The number of amides is 2. The lowest BCUT2D eigenvalue weighted by Crippen LogP contribution is -2.49. The third kappa shape index (κ3) is 6.02. The molecule has 0 bridgehead atoms. The van der Waals surface area contributed by atoms with Crippen LogP contribution in [0.25, 0.3) is 22.3 Å². The highest BCUT2D eigenvalue weighted by Gasteiger charge is 2.30. The first-order chi connectivity index (χ1) is 20.5. The van der Waals surface area contributed by atoms with Crippen LogP contribution in [0.1, 0.15) is 37.3 Å². The van der Waals surface area contributed by atoms with Gasteiger partial charge >= 0.3 is 6.03 Å². The van der Waals surface area contributed by atoms with Gasteiger partial charge in [-0.25, -0.2) is 19.4 Å². The van der Waals surface area contributed by atoms with Crippen LogP contribution in [0, 0.1) is 0 Å². The minimum atomic E-state index is -0.288. The summed E-state index contributed by atoms with van der Waals surface area (Å²) in [6.45, 7) is 4.99. The highest BCUT2D eigenvalue weighted by atomic mass is 16.5. The molecule has 1 aliphatic heterocycles. The number of nitrogens with zero attached hydrogens (tertiary/aromatic N) is 6. The minimum Gasteiger partial charge on any atom is -0.497 e. The van der Waals surface area contributed by atoms with Crippen molar-refractivity contribution in [2.24, 2.45) is 0 Å². The van der Waals surface area contributed by atoms with Gasteiger partial charge in [0.25, 0.3) is 0 Å². The fourth-order valence-corrected chi connectivity index (χ4v) is 6.15. The first-order valence-electron chi connectivity index (χ1n) is 14.7. The topological polar surface area (TPSA) is 126 Å². The predicted octanol–water partition coefficient (Wildman–Crippen LogP) is 4.14. The number of nitrogen functional groups attached to an aromatic ring is 1. The molecule has 0 spiro atoms. The van der Waals surface area contributed by atoms with Gasteiger partial charge in [-0.1, -0.05) is 30.3 Å². The van der Waals surface area contributed by atoms with E-state index in [4.69, 9.17) is 15.6 Å². The van der Waals surface area contributed by atoms with E-state index in [2.05, 4.69) is 42.1 Å². The van der Waals surface area contributed by atoms with Gasteiger partial charge in [0.1, 0.15) is 23.6 Å². The maximum absolute atomic E-state index is 12.4. The lowest BCUT2D eigenvalue weighted by molar-refractivity contribution is 0.0815. The van der Waals surface area contributed by atoms with Crippen LogP contribution < -0.4 is 21.1 Å². The van der Waals surface area contributed by atoms with Crippen LogP contribution in [0.2, 0.25) is 0 Å². The zero-order valence-corrected chi connectivity index (χ0v) is 24.3. The van der Waals surface area contributed by atoms with Gasteiger partial charge in [0.05, 0.1) is 18.5 Å². The summed E-state index contributed by atoms with van der Waals surface area (Å²) in [5, 5.41) is 11.6. The molecule has 0 radical (unpaired) electrons. The number of aromatic nitrogens is 4. The first kappa shape index (κ1) is 27.9. The summed E-state index contributed by atoms with van der Waals surface area (Å²) in [6, 6.07) is 15.9. The number of likely N-dealkylation sites (N-methyl/N-ethyl adjacent to an activating group) is 1. The van der Waals surface area contributed by atoms with Gasteiger partial charge in [-0.15, -0.1) is 0 Å². The molecule has 220 valence electrons. The molecule has 3 heterocycles. The van der Waals surface area contributed by atoms with Crippen LogP contribution in [-0.2, 0) is 6.54 Å². The second-order valence-corrected chi connectivity index (χ2v) is 11.3. The van der Waals surface area contributed by atoms with Gasteiger partial charge in [-0.2, -0.15) is 5.10 Å². The normalized spacial score (nSPS) is 20.0. The van der Waals surface area contributed by atoms with Gasteiger partial charge in [0.2, 0.25) is 0 Å². The molecule has 42 heavy (non-hydrogen) atoms. The summed E-state index contributed by atoms with van der Waals surface area (Å²) in [4.78, 5) is 26.4. The Morgan fingerprint density at radius 2 is 1.74 bits per heavy atom. The molecule has 2 aliphatic rings. The Balaban J connectivity index is 1.13. The molecule has 2 aromatic carbocycles. The van der Waals surface area contributed by atoms with Crippen LogP contribution >= 0.6 is 0 Å². The van der Waals surface area contributed by atoms with Gasteiger partial charge in [-0.05, 0) is 50.4 Å². The van der Waals surface area contributed by atoms with Crippen LogP contribution in [0.3, 0.4) is 0 Å². The van der Waals surface area contributed by atoms with Crippen LogP contribution in [0.4, 0.5) is 16.3 Å². The van der Waals surface area contributed by atoms with Crippen LogP contribution in [0.5, 0.6) is 5.75 Å². The Labute approximate surface area is 246 Å². The monoisotopic (exact) mass is 569 g/mol. The van der Waals surface area contributed by atoms with E-state index in [1.165, 1.54) is 19.2 Å². The molecule has 1 saturated heterocycles. The second kappa shape index (κ2) is 12.3. The minimum absolute atomic E-state index is 0.283. The second-order valence-electron chi connectivity index (χ2n) is 11.3. The van der Waals surface area contributed by atoms with Gasteiger partial charge in [-0.3, -0.25) is 4.90 Å². The van der Waals surface area contributed by atoms with E-state index in [9.17, 15) is 4.79 Å². The number of carbonyl (C=O) groups is 1. The van der Waals surface area contributed by atoms with Crippen molar-refractivity contribution in [3.05, 3.63) is 60.4 Å². The average molecular weight is 570 g/mol. The molecule has 1 saturated carbocycles. The van der Waals surface area contributed by atoms with Crippen molar-refractivity contribution in [2.75, 3.05) is 51.4 Å². The number of anilines is 2. The van der Waals surface area contributed by atoms with E-state index < -0.39 is 0 Å². The van der Waals surface area contributed by atoms with E-state index in [1.54, 1.807) is 13.2 Å². The SMILES string of the molecule is COc1cccc(NC(=O)NCc2ccc(-c3nn([C@H]4CC[C@H](N5CCN(C)CC5)CC4)c4ncnc(N)c34)cc2)c1. The average Bonchev–Trinajstić information content (AvgIpc) is 3.42. The van der Waals surface area contributed by atoms with Crippen molar-refractivity contribution < 1.29 is 9.53 Å². The number of carbonyl (C=O) groups excluding carboxylic acids is 1. The summed E-state index contributed by atoms with van der Waals surface area (Å²) in [5.41, 5.74) is 10.5. The lowest BCUT2D eigenvalue weighted by Gasteiger charge is -2.41. The molecule has 2 aromatic heterocycles. The zero-order chi connectivity index (χ0) is 29.1. The van der Waals surface area contributed by atoms with Crippen LogP contribution in [-0.4, -0.2) is 82.0 Å². The maximum Gasteiger partial charge on any atom is 0.319 e. The third-order valence-electron chi connectivity index (χ3n) is 8.59. The molecule has 2 amide bonds. The number of fused-ring (bicyclic) bond motifs is 1. The number of nitrogens with two attached hydrogens (primary N) is 1. The van der Waals surface area contributed by atoms with E-state index in [-0.39, 0.29) is 12.1 Å². The number of rotatable bonds is 7. The fourth-order valence-electron chi connectivity index (χ4n) is 6.15. The van der Waals surface area contributed by atoms with Gasteiger partial charge in [0, 0.05) is 56.1 Å². The molecule has 4 N–H and O–H groups in total. The number of urea groups is 1. The van der Waals surface area contributed by atoms with Crippen molar-refractivity contribution in [2.45, 2.75) is 44.3 Å². The number of piperazine rings is 1.